The molecule has 0 radical (unpaired) electrons. The fraction of sp³-hybridized carbons (Fsp3) is 0.429. The molecule has 1 aromatic rings. The maximum atomic E-state index is 9.36. The molecular formula is C7H11NO2S. The first kappa shape index (κ1) is 8.67. The standard InChI is InChI=1S/C7H11NO2S/c8-4-5(9)7(10)6-2-1-3-11-6/h1-3,5,7,9-10H,4,8H2. The molecule has 62 valence electrons. The number of aliphatic hydroxyl groups excluding tert-OH is 2. The zero-order valence-corrected chi connectivity index (χ0v) is 6.79. The van der Waals surface area contributed by atoms with Crippen LogP contribution in [0, 0.1) is 0 Å². The van der Waals surface area contributed by atoms with E-state index in [0.717, 1.165) is 4.88 Å². The van der Waals surface area contributed by atoms with Crippen LogP contribution < -0.4 is 5.73 Å². The van der Waals surface area contributed by atoms with Crippen LogP contribution in [0.3, 0.4) is 0 Å². The second-order valence-electron chi connectivity index (χ2n) is 2.26. The van der Waals surface area contributed by atoms with Gasteiger partial charge in [-0.1, -0.05) is 6.07 Å². The second-order valence-corrected chi connectivity index (χ2v) is 3.24. The first-order valence-corrected chi connectivity index (χ1v) is 4.23. The number of thiophene rings is 1. The Hall–Kier alpha value is -0.420. The highest BCUT2D eigenvalue weighted by Gasteiger charge is 2.16. The summed E-state index contributed by atoms with van der Waals surface area (Å²) in [5.74, 6) is 0. The van der Waals surface area contributed by atoms with Gasteiger partial charge in [0.2, 0.25) is 0 Å². The van der Waals surface area contributed by atoms with Crippen LogP contribution in [0.15, 0.2) is 17.5 Å². The van der Waals surface area contributed by atoms with E-state index in [0.29, 0.717) is 0 Å². The zero-order chi connectivity index (χ0) is 8.27. The molecule has 0 saturated carbocycles. The number of hydrogen-bond acceptors (Lipinski definition) is 4. The van der Waals surface area contributed by atoms with Crippen molar-refractivity contribution < 1.29 is 10.2 Å². The van der Waals surface area contributed by atoms with E-state index in [1.54, 1.807) is 6.07 Å². The molecule has 1 rings (SSSR count). The van der Waals surface area contributed by atoms with Crippen LogP contribution in [0.1, 0.15) is 11.0 Å². The van der Waals surface area contributed by atoms with E-state index in [2.05, 4.69) is 0 Å². The van der Waals surface area contributed by atoms with Gasteiger partial charge in [-0.25, -0.2) is 0 Å². The maximum Gasteiger partial charge on any atom is 0.115 e. The molecule has 0 aliphatic rings. The Kier molecular flexibility index (Phi) is 3.02. The molecule has 0 aliphatic carbocycles. The molecule has 0 saturated heterocycles. The minimum Gasteiger partial charge on any atom is -0.389 e. The molecule has 4 N–H and O–H groups in total. The third kappa shape index (κ3) is 2.00. The Labute approximate surface area is 69.1 Å². The SMILES string of the molecule is NCC(O)C(O)c1cccs1. The summed E-state index contributed by atoms with van der Waals surface area (Å²) >= 11 is 1.41. The van der Waals surface area contributed by atoms with E-state index in [1.165, 1.54) is 11.3 Å². The van der Waals surface area contributed by atoms with Gasteiger partial charge in [-0.2, -0.15) is 0 Å². The lowest BCUT2D eigenvalue weighted by Gasteiger charge is -2.13. The van der Waals surface area contributed by atoms with E-state index in [1.807, 2.05) is 11.4 Å². The summed E-state index contributed by atoms with van der Waals surface area (Å²) in [6.45, 7) is 0.0824. The van der Waals surface area contributed by atoms with Gasteiger partial charge in [-0.15, -0.1) is 11.3 Å². The van der Waals surface area contributed by atoms with E-state index in [4.69, 9.17) is 10.8 Å². The summed E-state index contributed by atoms with van der Waals surface area (Å²) in [5, 5.41) is 20.3. The molecule has 3 nitrogen and oxygen atoms in total. The van der Waals surface area contributed by atoms with Crippen molar-refractivity contribution in [3.63, 3.8) is 0 Å². The molecule has 4 heteroatoms. The minimum absolute atomic E-state index is 0.0824. The molecule has 2 unspecified atom stereocenters. The Balaban J connectivity index is 2.62. The highest BCUT2D eigenvalue weighted by atomic mass is 32.1. The van der Waals surface area contributed by atoms with E-state index in [9.17, 15) is 5.11 Å². The minimum atomic E-state index is -0.853. The summed E-state index contributed by atoms with van der Waals surface area (Å²) in [5.41, 5.74) is 5.17. The molecule has 0 fully saturated rings. The van der Waals surface area contributed by atoms with Crippen molar-refractivity contribution >= 4 is 11.3 Å². The van der Waals surface area contributed by atoms with Gasteiger partial charge in [0.05, 0.1) is 6.10 Å². The van der Waals surface area contributed by atoms with Gasteiger partial charge in [-0.05, 0) is 11.4 Å². The maximum absolute atomic E-state index is 9.36. The molecule has 0 spiro atoms. The number of hydrogen-bond donors (Lipinski definition) is 3. The monoisotopic (exact) mass is 173 g/mol. The lowest BCUT2D eigenvalue weighted by Crippen LogP contribution is -2.26. The number of nitrogens with two attached hydrogens (primary N) is 1. The van der Waals surface area contributed by atoms with Gasteiger partial charge in [0, 0.05) is 11.4 Å². The second kappa shape index (κ2) is 3.82. The predicted octanol–water partition coefficient (Wildman–Crippen LogP) is 0.101. The lowest BCUT2D eigenvalue weighted by atomic mass is 10.2. The first-order chi connectivity index (χ1) is 5.25. The van der Waals surface area contributed by atoms with Crippen molar-refractivity contribution in [1.82, 2.24) is 0 Å². The number of rotatable bonds is 3. The molecule has 0 amide bonds. The summed E-state index contributed by atoms with van der Waals surface area (Å²) in [6, 6.07) is 3.60. The lowest BCUT2D eigenvalue weighted by molar-refractivity contribution is 0.0265. The quantitative estimate of drug-likeness (QED) is 0.607. The normalized spacial score (nSPS) is 16.3. The van der Waals surface area contributed by atoms with Gasteiger partial charge in [-0.3, -0.25) is 0 Å². The summed E-state index contributed by atoms with van der Waals surface area (Å²) < 4.78 is 0. The number of aliphatic hydroxyl groups is 2. The Morgan fingerprint density at radius 1 is 1.55 bits per heavy atom. The van der Waals surface area contributed by atoms with Gasteiger partial charge in [0.15, 0.2) is 0 Å². The van der Waals surface area contributed by atoms with Crippen molar-refractivity contribution in [2.24, 2.45) is 5.73 Å². The highest BCUT2D eigenvalue weighted by molar-refractivity contribution is 7.10. The molecular weight excluding hydrogens is 162 g/mol. The molecule has 0 aromatic carbocycles. The topological polar surface area (TPSA) is 66.5 Å². The molecule has 2 atom stereocenters. The third-order valence-electron chi connectivity index (χ3n) is 1.44. The van der Waals surface area contributed by atoms with Crippen LogP contribution in [0.5, 0.6) is 0 Å². The summed E-state index contributed by atoms with van der Waals surface area (Å²) in [4.78, 5) is 0.753. The Morgan fingerprint density at radius 2 is 2.27 bits per heavy atom. The van der Waals surface area contributed by atoms with Crippen LogP contribution in [0.2, 0.25) is 0 Å². The third-order valence-corrected chi connectivity index (χ3v) is 2.38. The van der Waals surface area contributed by atoms with E-state index < -0.39 is 12.2 Å². The van der Waals surface area contributed by atoms with Crippen molar-refractivity contribution in [1.29, 1.82) is 0 Å². The Morgan fingerprint density at radius 3 is 2.73 bits per heavy atom. The van der Waals surface area contributed by atoms with Crippen molar-refractivity contribution in [3.05, 3.63) is 22.4 Å². The predicted molar refractivity (Wildman–Crippen MR) is 44.3 cm³/mol. The average Bonchev–Trinajstić information content (AvgIpc) is 2.53. The van der Waals surface area contributed by atoms with E-state index in [-0.39, 0.29) is 6.54 Å². The van der Waals surface area contributed by atoms with Crippen molar-refractivity contribution in [2.45, 2.75) is 12.2 Å². The molecule has 1 aromatic heterocycles. The molecule has 11 heavy (non-hydrogen) atoms. The van der Waals surface area contributed by atoms with Crippen molar-refractivity contribution in [2.75, 3.05) is 6.54 Å². The zero-order valence-electron chi connectivity index (χ0n) is 5.97. The summed E-state index contributed by atoms with van der Waals surface area (Å²) in [6.07, 6.45) is -1.69. The molecule has 0 aliphatic heterocycles. The van der Waals surface area contributed by atoms with Gasteiger partial charge < -0.3 is 15.9 Å². The van der Waals surface area contributed by atoms with Crippen LogP contribution in [-0.2, 0) is 0 Å². The molecule has 0 bridgehead atoms. The van der Waals surface area contributed by atoms with Crippen molar-refractivity contribution in [3.8, 4) is 0 Å². The van der Waals surface area contributed by atoms with Crippen LogP contribution in [0.4, 0.5) is 0 Å². The average molecular weight is 173 g/mol. The van der Waals surface area contributed by atoms with E-state index >= 15 is 0 Å². The van der Waals surface area contributed by atoms with Crippen LogP contribution >= 0.6 is 11.3 Å². The summed E-state index contributed by atoms with van der Waals surface area (Å²) in [7, 11) is 0. The Bertz CT molecular complexity index is 200. The fourth-order valence-corrected chi connectivity index (χ4v) is 1.55. The fourth-order valence-electron chi connectivity index (χ4n) is 0.778. The smallest absolute Gasteiger partial charge is 0.115 e. The highest BCUT2D eigenvalue weighted by Crippen LogP contribution is 2.20. The van der Waals surface area contributed by atoms with Crippen LogP contribution in [-0.4, -0.2) is 22.9 Å². The molecule has 1 heterocycles. The van der Waals surface area contributed by atoms with Gasteiger partial charge in [0.25, 0.3) is 0 Å². The first-order valence-electron chi connectivity index (χ1n) is 3.35. The van der Waals surface area contributed by atoms with Gasteiger partial charge >= 0.3 is 0 Å². The largest absolute Gasteiger partial charge is 0.389 e. The van der Waals surface area contributed by atoms with Crippen LogP contribution in [0.25, 0.3) is 0 Å². The van der Waals surface area contributed by atoms with Gasteiger partial charge in [0.1, 0.15) is 6.10 Å².